The SMILES string of the molecule is COc1cc(C2=CC3C(S2)C(=O)N(c2cncc4n[nH]c(C)c24)C(=O)N3CCC#N)c(Cl)cc1F. The van der Waals surface area contributed by atoms with Gasteiger partial charge in [0, 0.05) is 22.7 Å². The van der Waals surface area contributed by atoms with Gasteiger partial charge in [-0.3, -0.25) is 14.9 Å². The summed E-state index contributed by atoms with van der Waals surface area (Å²) in [4.78, 5) is 34.8. The maximum atomic E-state index is 14.1. The maximum Gasteiger partial charge on any atom is 0.332 e. The number of carbonyl (C=O) groups is 2. The smallest absolute Gasteiger partial charge is 0.332 e. The number of thioether (sulfide) groups is 1. The zero-order valence-corrected chi connectivity index (χ0v) is 20.2. The highest BCUT2D eigenvalue weighted by Gasteiger charge is 2.50. The molecule has 1 saturated heterocycles. The highest BCUT2D eigenvalue weighted by molar-refractivity contribution is 8.09. The first-order chi connectivity index (χ1) is 16.8. The molecular formula is C23H18ClFN6O3S. The normalized spacial score (nSPS) is 19.7. The number of carbonyl (C=O) groups excluding carboxylic acids is 2. The van der Waals surface area contributed by atoms with Gasteiger partial charge in [0.25, 0.3) is 5.91 Å². The average Bonchev–Trinajstić information content (AvgIpc) is 3.44. The molecule has 12 heteroatoms. The van der Waals surface area contributed by atoms with Crippen LogP contribution < -0.4 is 9.64 Å². The lowest BCUT2D eigenvalue weighted by Gasteiger charge is -2.40. The first kappa shape index (κ1) is 23.1. The Hall–Kier alpha value is -3.62. The van der Waals surface area contributed by atoms with E-state index < -0.39 is 29.0 Å². The van der Waals surface area contributed by atoms with Crippen molar-refractivity contribution in [3.05, 3.63) is 52.7 Å². The van der Waals surface area contributed by atoms with E-state index in [1.807, 2.05) is 0 Å². The van der Waals surface area contributed by atoms with Crippen molar-refractivity contribution >= 4 is 56.8 Å². The van der Waals surface area contributed by atoms with E-state index in [4.69, 9.17) is 16.3 Å². The Bertz CT molecular complexity index is 1450. The third kappa shape index (κ3) is 3.69. The monoisotopic (exact) mass is 512 g/mol. The Morgan fingerprint density at radius 3 is 2.89 bits per heavy atom. The number of amides is 3. The van der Waals surface area contributed by atoms with Crippen molar-refractivity contribution in [1.82, 2.24) is 20.1 Å². The molecule has 178 valence electrons. The van der Waals surface area contributed by atoms with E-state index in [1.165, 1.54) is 36.0 Å². The van der Waals surface area contributed by atoms with E-state index in [0.29, 0.717) is 32.8 Å². The van der Waals surface area contributed by atoms with E-state index in [9.17, 15) is 19.2 Å². The molecule has 0 radical (unpaired) electrons. The Kier molecular flexibility index (Phi) is 5.86. The van der Waals surface area contributed by atoms with Crippen LogP contribution in [0.5, 0.6) is 5.75 Å². The molecular weight excluding hydrogens is 495 g/mol. The summed E-state index contributed by atoms with van der Waals surface area (Å²) in [6.07, 6.45) is 4.86. The summed E-state index contributed by atoms with van der Waals surface area (Å²) >= 11 is 7.56. The third-order valence-corrected chi connectivity index (χ3v) is 7.64. The molecule has 0 spiro atoms. The molecule has 0 bridgehead atoms. The lowest BCUT2D eigenvalue weighted by Crippen LogP contribution is -2.62. The topological polar surface area (TPSA) is 115 Å². The Morgan fingerprint density at radius 2 is 2.14 bits per heavy atom. The standard InChI is InChI=1S/C23H18ClFN6O3S/c1-11-20-15(29-28-11)9-27-10-17(20)31-22(32)21-16(30(23(31)33)5-3-4-26)8-19(35-21)12-6-18(34-2)14(25)7-13(12)24/h6-10,16,21H,3,5H2,1-2H3,(H,28,29). The Morgan fingerprint density at radius 1 is 1.34 bits per heavy atom. The molecule has 5 rings (SSSR count). The summed E-state index contributed by atoms with van der Waals surface area (Å²) in [5.74, 6) is -1.02. The molecule has 2 aromatic heterocycles. The molecule has 0 saturated carbocycles. The molecule has 0 aliphatic carbocycles. The summed E-state index contributed by atoms with van der Waals surface area (Å²) in [5, 5.41) is 16.3. The molecule has 3 aromatic rings. The van der Waals surface area contributed by atoms with Crippen LogP contribution in [0, 0.1) is 24.1 Å². The molecule has 35 heavy (non-hydrogen) atoms. The number of H-pyrrole nitrogens is 1. The molecule has 9 nitrogen and oxygen atoms in total. The van der Waals surface area contributed by atoms with Crippen LogP contribution in [0.1, 0.15) is 17.7 Å². The van der Waals surface area contributed by atoms with E-state index in [1.54, 1.807) is 19.2 Å². The van der Waals surface area contributed by atoms with Crippen LogP contribution in [0.15, 0.2) is 30.6 Å². The zero-order chi connectivity index (χ0) is 24.9. The van der Waals surface area contributed by atoms with E-state index in [-0.39, 0.29) is 23.7 Å². The van der Waals surface area contributed by atoms with Gasteiger partial charge in [0.1, 0.15) is 10.8 Å². The van der Waals surface area contributed by atoms with Gasteiger partial charge in [-0.15, -0.1) is 11.8 Å². The summed E-state index contributed by atoms with van der Waals surface area (Å²) < 4.78 is 19.2. The molecule has 1 aromatic carbocycles. The van der Waals surface area contributed by atoms with Crippen molar-refractivity contribution in [2.75, 3.05) is 18.6 Å². The number of aromatic nitrogens is 3. The van der Waals surface area contributed by atoms with E-state index in [0.717, 1.165) is 11.0 Å². The highest BCUT2D eigenvalue weighted by atomic mass is 35.5. The number of hydrogen-bond donors (Lipinski definition) is 1. The zero-order valence-electron chi connectivity index (χ0n) is 18.6. The van der Waals surface area contributed by atoms with Crippen LogP contribution in [-0.2, 0) is 4.79 Å². The van der Waals surface area contributed by atoms with Gasteiger partial charge in [-0.25, -0.2) is 14.1 Å². The number of nitriles is 1. The number of pyridine rings is 1. The van der Waals surface area contributed by atoms with Gasteiger partial charge in [-0.2, -0.15) is 10.4 Å². The molecule has 4 heterocycles. The fourth-order valence-electron chi connectivity index (χ4n) is 4.36. The summed E-state index contributed by atoms with van der Waals surface area (Å²) in [7, 11) is 1.35. The number of nitrogens with one attached hydrogen (secondary N) is 1. The molecule has 2 aliphatic rings. The van der Waals surface area contributed by atoms with Gasteiger partial charge in [0.2, 0.25) is 0 Å². The van der Waals surface area contributed by atoms with Gasteiger partial charge in [-0.05, 0) is 25.1 Å². The van der Waals surface area contributed by atoms with Gasteiger partial charge >= 0.3 is 6.03 Å². The summed E-state index contributed by atoms with van der Waals surface area (Å²) in [5.41, 5.74) is 2.02. The van der Waals surface area contributed by atoms with Gasteiger partial charge in [0.05, 0.1) is 54.1 Å². The van der Waals surface area contributed by atoms with Gasteiger partial charge in [0.15, 0.2) is 11.6 Å². The van der Waals surface area contributed by atoms with Crippen molar-refractivity contribution in [2.24, 2.45) is 0 Å². The molecule has 2 unspecified atom stereocenters. The minimum Gasteiger partial charge on any atom is -0.494 e. The number of rotatable bonds is 5. The molecule has 1 fully saturated rings. The summed E-state index contributed by atoms with van der Waals surface area (Å²) in [6.45, 7) is 1.92. The number of methoxy groups -OCH3 is 1. The summed E-state index contributed by atoms with van der Waals surface area (Å²) in [6, 6.07) is 3.52. The number of aromatic amines is 1. The largest absolute Gasteiger partial charge is 0.494 e. The predicted octanol–water partition coefficient (Wildman–Crippen LogP) is 4.27. The number of halogens is 2. The lowest BCUT2D eigenvalue weighted by molar-refractivity contribution is -0.119. The minimum atomic E-state index is -0.698. The number of urea groups is 1. The van der Waals surface area contributed by atoms with Crippen LogP contribution in [-0.4, -0.2) is 57.0 Å². The van der Waals surface area contributed by atoms with Gasteiger partial charge in [-0.1, -0.05) is 11.6 Å². The number of aryl methyl sites for hydroxylation is 1. The second-order valence-electron chi connectivity index (χ2n) is 7.99. The first-order valence-corrected chi connectivity index (χ1v) is 11.8. The number of fused-ring (bicyclic) bond motifs is 2. The second kappa shape index (κ2) is 8.87. The van der Waals surface area contributed by atoms with Crippen LogP contribution in [0.4, 0.5) is 14.9 Å². The van der Waals surface area contributed by atoms with Gasteiger partial charge < -0.3 is 9.64 Å². The first-order valence-electron chi connectivity index (χ1n) is 10.6. The van der Waals surface area contributed by atoms with Crippen molar-refractivity contribution in [3.8, 4) is 11.8 Å². The van der Waals surface area contributed by atoms with Crippen molar-refractivity contribution in [2.45, 2.75) is 24.6 Å². The third-order valence-electron chi connectivity index (χ3n) is 5.98. The number of ether oxygens (including phenoxy) is 1. The van der Waals surface area contributed by atoms with E-state index >= 15 is 0 Å². The quantitative estimate of drug-likeness (QED) is 0.542. The van der Waals surface area contributed by atoms with E-state index in [2.05, 4.69) is 21.3 Å². The van der Waals surface area contributed by atoms with Crippen molar-refractivity contribution in [3.63, 3.8) is 0 Å². The lowest BCUT2D eigenvalue weighted by atomic mass is 10.0. The van der Waals surface area contributed by atoms with Crippen molar-refractivity contribution < 1.29 is 18.7 Å². The van der Waals surface area contributed by atoms with Crippen LogP contribution in [0.25, 0.3) is 15.8 Å². The number of hydrogen-bond acceptors (Lipinski definition) is 7. The predicted molar refractivity (Wildman–Crippen MR) is 130 cm³/mol. The molecule has 2 atom stereocenters. The number of benzene rings is 1. The van der Waals surface area contributed by atoms with Crippen LogP contribution >= 0.6 is 23.4 Å². The number of imide groups is 1. The maximum absolute atomic E-state index is 14.1. The van der Waals surface area contributed by atoms with Crippen LogP contribution in [0.2, 0.25) is 5.02 Å². The molecule has 1 N–H and O–H groups in total. The number of nitrogens with zero attached hydrogens (tertiary/aromatic N) is 5. The fraction of sp³-hybridized carbons (Fsp3) is 0.261. The second-order valence-corrected chi connectivity index (χ2v) is 9.58. The molecule has 2 aliphatic heterocycles. The minimum absolute atomic E-state index is 0.0133. The van der Waals surface area contributed by atoms with Crippen LogP contribution in [0.3, 0.4) is 0 Å². The fourth-order valence-corrected chi connectivity index (χ4v) is 6.02. The average molecular weight is 513 g/mol. The van der Waals surface area contributed by atoms with Crippen molar-refractivity contribution in [1.29, 1.82) is 5.26 Å². The number of anilines is 1. The highest BCUT2D eigenvalue weighted by Crippen LogP contribution is 2.48. The Labute approximate surface area is 208 Å². The Balaban J connectivity index is 1.59. The molecule has 3 amide bonds.